The molecule has 24 heavy (non-hydrogen) atoms. The molecule has 1 unspecified atom stereocenters. The Hall–Kier alpha value is -2.33. The predicted molar refractivity (Wildman–Crippen MR) is 99.6 cm³/mol. The molecule has 0 bridgehead atoms. The monoisotopic (exact) mass is 323 g/mol. The molecular weight excluding hydrogens is 298 g/mol. The smallest absolute Gasteiger partial charge is 0.254 e. The summed E-state index contributed by atoms with van der Waals surface area (Å²) in [7, 11) is 4.06. The van der Waals surface area contributed by atoms with Crippen LogP contribution in [0.25, 0.3) is 0 Å². The predicted octanol–water partition coefficient (Wildman–Crippen LogP) is 3.36. The summed E-state index contributed by atoms with van der Waals surface area (Å²) in [5.74, 6) is 0.110. The number of amides is 1. The van der Waals surface area contributed by atoms with Gasteiger partial charge in [-0.3, -0.25) is 4.79 Å². The average Bonchev–Trinajstić information content (AvgIpc) is 2.56. The quantitative estimate of drug-likeness (QED) is 0.937. The maximum Gasteiger partial charge on any atom is 0.254 e. The lowest BCUT2D eigenvalue weighted by Crippen LogP contribution is -2.45. The van der Waals surface area contributed by atoms with Gasteiger partial charge < -0.3 is 15.1 Å². The molecule has 0 spiro atoms. The van der Waals surface area contributed by atoms with E-state index in [1.165, 1.54) is 11.1 Å². The van der Waals surface area contributed by atoms with E-state index in [2.05, 4.69) is 36.2 Å². The van der Waals surface area contributed by atoms with Crippen molar-refractivity contribution in [2.24, 2.45) is 0 Å². The summed E-state index contributed by atoms with van der Waals surface area (Å²) in [6, 6.07) is 13.9. The van der Waals surface area contributed by atoms with Crippen LogP contribution in [0.5, 0.6) is 0 Å². The number of anilines is 2. The van der Waals surface area contributed by atoms with Gasteiger partial charge in [0.05, 0.1) is 11.4 Å². The number of rotatable bonds is 4. The molecule has 0 saturated heterocycles. The normalized spacial score (nSPS) is 17.0. The highest BCUT2D eigenvalue weighted by atomic mass is 16.2. The minimum Gasteiger partial charge on any atom is -0.368 e. The van der Waals surface area contributed by atoms with Gasteiger partial charge in [-0.05, 0) is 56.8 Å². The Morgan fingerprint density at radius 2 is 1.75 bits per heavy atom. The molecule has 2 aromatic carbocycles. The van der Waals surface area contributed by atoms with Crippen molar-refractivity contribution in [2.45, 2.75) is 19.9 Å². The third kappa shape index (κ3) is 3.15. The van der Waals surface area contributed by atoms with E-state index in [0.29, 0.717) is 6.54 Å². The van der Waals surface area contributed by atoms with Crippen molar-refractivity contribution in [3.8, 4) is 0 Å². The maximum absolute atomic E-state index is 13.1. The molecule has 1 aliphatic rings. The Morgan fingerprint density at radius 3 is 2.42 bits per heavy atom. The van der Waals surface area contributed by atoms with Crippen LogP contribution in [0.1, 0.15) is 22.7 Å². The number of carbonyl (C=O) groups is 1. The zero-order valence-electron chi connectivity index (χ0n) is 14.8. The van der Waals surface area contributed by atoms with Crippen molar-refractivity contribution < 1.29 is 4.79 Å². The number of carbonyl (C=O) groups excluding carboxylic acids is 1. The highest BCUT2D eigenvalue weighted by molar-refractivity contribution is 6.05. The van der Waals surface area contributed by atoms with E-state index in [9.17, 15) is 4.79 Å². The molecule has 1 N–H and O–H groups in total. The molecule has 3 rings (SSSR count). The van der Waals surface area contributed by atoms with Crippen molar-refractivity contribution in [3.05, 3.63) is 59.2 Å². The number of nitrogens with zero attached hydrogens (tertiary/aromatic N) is 2. The minimum absolute atomic E-state index is 0.110. The molecule has 1 atom stereocenters. The summed E-state index contributed by atoms with van der Waals surface area (Å²) >= 11 is 0. The lowest BCUT2D eigenvalue weighted by Gasteiger charge is -2.36. The van der Waals surface area contributed by atoms with Gasteiger partial charge in [0.1, 0.15) is 6.04 Å². The summed E-state index contributed by atoms with van der Waals surface area (Å²) in [6.07, 6.45) is 0. The molecule has 0 fully saturated rings. The number of aryl methyl sites for hydroxylation is 2. The van der Waals surface area contributed by atoms with Gasteiger partial charge in [-0.15, -0.1) is 0 Å². The molecule has 4 nitrogen and oxygen atoms in total. The second-order valence-corrected chi connectivity index (χ2v) is 6.73. The van der Waals surface area contributed by atoms with E-state index in [1.807, 2.05) is 49.3 Å². The van der Waals surface area contributed by atoms with Gasteiger partial charge in [0.15, 0.2) is 0 Å². The molecule has 0 saturated carbocycles. The van der Waals surface area contributed by atoms with Crippen LogP contribution in [0.4, 0.5) is 11.4 Å². The van der Waals surface area contributed by atoms with Crippen LogP contribution in [-0.4, -0.2) is 38.0 Å². The first-order valence-electron chi connectivity index (χ1n) is 8.36. The van der Waals surface area contributed by atoms with Crippen LogP contribution < -0.4 is 10.2 Å². The first kappa shape index (κ1) is 16.5. The first-order chi connectivity index (χ1) is 11.5. The summed E-state index contributed by atoms with van der Waals surface area (Å²) in [5.41, 5.74) is 5.45. The Kier molecular flexibility index (Phi) is 4.58. The highest BCUT2D eigenvalue weighted by Crippen LogP contribution is 2.38. The van der Waals surface area contributed by atoms with E-state index in [-0.39, 0.29) is 11.9 Å². The molecule has 0 aliphatic carbocycles. The zero-order valence-corrected chi connectivity index (χ0v) is 14.8. The lowest BCUT2D eigenvalue weighted by atomic mass is 9.99. The molecule has 1 heterocycles. The van der Waals surface area contributed by atoms with Crippen LogP contribution in [0, 0.1) is 13.8 Å². The Morgan fingerprint density at radius 1 is 1.08 bits per heavy atom. The van der Waals surface area contributed by atoms with Crippen LogP contribution in [0.2, 0.25) is 0 Å². The lowest BCUT2D eigenvalue weighted by molar-refractivity contribution is -0.119. The van der Waals surface area contributed by atoms with Crippen LogP contribution >= 0.6 is 0 Å². The number of hydrogen-bond acceptors (Lipinski definition) is 3. The summed E-state index contributed by atoms with van der Waals surface area (Å²) in [4.78, 5) is 17.2. The molecule has 1 amide bonds. The van der Waals surface area contributed by atoms with E-state index < -0.39 is 0 Å². The number of hydrogen-bond donors (Lipinski definition) is 1. The van der Waals surface area contributed by atoms with Crippen LogP contribution in [0.15, 0.2) is 42.5 Å². The average molecular weight is 323 g/mol. The fourth-order valence-electron chi connectivity index (χ4n) is 3.03. The molecule has 0 aromatic heterocycles. The number of likely N-dealkylation sites (N-methyl/N-ethyl adjacent to an activating group) is 1. The van der Waals surface area contributed by atoms with E-state index in [4.69, 9.17) is 0 Å². The summed E-state index contributed by atoms with van der Waals surface area (Å²) < 4.78 is 0. The summed E-state index contributed by atoms with van der Waals surface area (Å²) in [6.45, 7) is 5.72. The largest absolute Gasteiger partial charge is 0.368 e. The maximum atomic E-state index is 13.1. The standard InChI is InChI=1S/C20H25N3O/c1-14-12-17-18(13-15(14)2)23(11-10-22(3)4)20(24)19(21-17)16-8-6-5-7-9-16/h5-9,12-13,19,21H,10-11H2,1-4H3. The first-order valence-corrected chi connectivity index (χ1v) is 8.36. The third-order valence-corrected chi connectivity index (χ3v) is 4.62. The van der Waals surface area contributed by atoms with E-state index in [1.54, 1.807) is 0 Å². The Bertz CT molecular complexity index is 740. The Balaban J connectivity index is 2.03. The fraction of sp³-hybridized carbons (Fsp3) is 0.350. The van der Waals surface area contributed by atoms with Gasteiger partial charge in [0, 0.05) is 13.1 Å². The van der Waals surface area contributed by atoms with Crippen molar-refractivity contribution in [1.29, 1.82) is 0 Å². The second kappa shape index (κ2) is 6.65. The SMILES string of the molecule is Cc1cc2c(cc1C)N(CCN(C)C)C(=O)C(c1ccccc1)N2. The van der Waals surface area contributed by atoms with Gasteiger partial charge in [-0.25, -0.2) is 0 Å². The molecular formula is C20H25N3O. The zero-order chi connectivity index (χ0) is 17.3. The Labute approximate surface area is 144 Å². The van der Waals surface area contributed by atoms with E-state index in [0.717, 1.165) is 23.5 Å². The number of nitrogens with one attached hydrogen (secondary N) is 1. The molecule has 2 aromatic rings. The minimum atomic E-state index is -0.331. The topological polar surface area (TPSA) is 35.6 Å². The fourth-order valence-corrected chi connectivity index (χ4v) is 3.03. The second-order valence-electron chi connectivity index (χ2n) is 6.73. The molecule has 0 radical (unpaired) electrons. The van der Waals surface area contributed by atoms with Crippen LogP contribution in [-0.2, 0) is 4.79 Å². The number of fused-ring (bicyclic) bond motifs is 1. The highest BCUT2D eigenvalue weighted by Gasteiger charge is 2.33. The van der Waals surface area contributed by atoms with Gasteiger partial charge in [-0.2, -0.15) is 0 Å². The van der Waals surface area contributed by atoms with Gasteiger partial charge in [-0.1, -0.05) is 30.3 Å². The van der Waals surface area contributed by atoms with Gasteiger partial charge in [0.2, 0.25) is 0 Å². The van der Waals surface area contributed by atoms with Crippen molar-refractivity contribution in [3.63, 3.8) is 0 Å². The molecule has 1 aliphatic heterocycles. The molecule has 126 valence electrons. The van der Waals surface area contributed by atoms with Gasteiger partial charge in [0.25, 0.3) is 5.91 Å². The van der Waals surface area contributed by atoms with Crippen molar-refractivity contribution >= 4 is 17.3 Å². The van der Waals surface area contributed by atoms with Crippen molar-refractivity contribution in [2.75, 3.05) is 37.4 Å². The third-order valence-electron chi connectivity index (χ3n) is 4.62. The van der Waals surface area contributed by atoms with Crippen LogP contribution in [0.3, 0.4) is 0 Å². The number of benzene rings is 2. The van der Waals surface area contributed by atoms with E-state index >= 15 is 0 Å². The summed E-state index contributed by atoms with van der Waals surface area (Å²) in [5, 5.41) is 3.44. The molecule has 4 heteroatoms. The van der Waals surface area contributed by atoms with Gasteiger partial charge >= 0.3 is 0 Å². The van der Waals surface area contributed by atoms with Crippen molar-refractivity contribution in [1.82, 2.24) is 4.90 Å².